The molecule has 0 bridgehead atoms. The maximum atomic E-state index is 13.1. The van der Waals surface area contributed by atoms with E-state index in [1.807, 2.05) is 25.1 Å². The number of nitrogens with zero attached hydrogens (tertiary/aromatic N) is 3. The maximum Gasteiger partial charge on any atom is 0.416 e. The van der Waals surface area contributed by atoms with Crippen molar-refractivity contribution >= 4 is 11.6 Å². The van der Waals surface area contributed by atoms with E-state index in [4.69, 9.17) is 4.74 Å². The zero-order valence-electron chi connectivity index (χ0n) is 18.9. The predicted molar refractivity (Wildman–Crippen MR) is 124 cm³/mol. The molecule has 34 heavy (non-hydrogen) atoms. The van der Waals surface area contributed by atoms with Gasteiger partial charge in [-0.15, -0.1) is 0 Å². The van der Waals surface area contributed by atoms with E-state index < -0.39 is 17.6 Å². The number of alkyl halides is 3. The molecule has 1 saturated heterocycles. The lowest BCUT2D eigenvalue weighted by molar-refractivity contribution is -0.137. The Kier molecular flexibility index (Phi) is 7.33. The normalized spacial score (nSPS) is 14.8. The Morgan fingerprint density at radius 1 is 1.09 bits per heavy atom. The van der Waals surface area contributed by atoms with E-state index in [0.717, 1.165) is 68.5 Å². The van der Waals surface area contributed by atoms with Crippen LogP contribution in [0.3, 0.4) is 0 Å². The van der Waals surface area contributed by atoms with Crippen LogP contribution in [0, 0.1) is 6.92 Å². The van der Waals surface area contributed by atoms with Crippen molar-refractivity contribution in [2.45, 2.75) is 26.1 Å². The van der Waals surface area contributed by atoms with Crippen molar-refractivity contribution in [2.75, 3.05) is 38.2 Å². The molecule has 1 amide bonds. The topological polar surface area (TPSA) is 59.4 Å². The average molecular weight is 473 g/mol. The summed E-state index contributed by atoms with van der Waals surface area (Å²) in [5, 5.41) is 2.62. The molecule has 1 N–H and O–H groups in total. The lowest BCUT2D eigenvalue weighted by atomic mass is 10.1. The van der Waals surface area contributed by atoms with Gasteiger partial charge in [-0.3, -0.25) is 14.7 Å². The lowest BCUT2D eigenvalue weighted by Gasteiger charge is -2.26. The highest BCUT2D eigenvalue weighted by atomic mass is 19.4. The molecule has 180 valence electrons. The highest BCUT2D eigenvalue weighted by Gasteiger charge is 2.30. The van der Waals surface area contributed by atoms with Crippen LogP contribution in [-0.4, -0.2) is 53.2 Å². The molecule has 0 aliphatic carbocycles. The number of halogens is 3. The van der Waals surface area contributed by atoms with E-state index in [1.165, 1.54) is 12.1 Å². The van der Waals surface area contributed by atoms with Crippen molar-refractivity contribution < 1.29 is 22.7 Å². The fraction of sp³-hybridized carbons (Fsp3) is 0.360. The lowest BCUT2D eigenvalue weighted by Crippen LogP contribution is -2.37. The summed E-state index contributed by atoms with van der Waals surface area (Å²) >= 11 is 0. The smallest absolute Gasteiger partial charge is 0.379 e. The second kappa shape index (κ2) is 10.4. The minimum Gasteiger partial charge on any atom is -0.379 e. The van der Waals surface area contributed by atoms with Crippen molar-refractivity contribution in [1.82, 2.24) is 14.5 Å². The first-order chi connectivity index (χ1) is 16.3. The van der Waals surface area contributed by atoms with Gasteiger partial charge in [0.05, 0.1) is 35.7 Å². The summed E-state index contributed by atoms with van der Waals surface area (Å²) in [5.41, 5.74) is 1.97. The number of aromatic nitrogens is 2. The van der Waals surface area contributed by atoms with Crippen LogP contribution >= 0.6 is 0 Å². The number of rotatable bonds is 7. The zero-order valence-corrected chi connectivity index (χ0v) is 18.9. The number of hydrogen-bond acceptors (Lipinski definition) is 4. The first-order valence-electron chi connectivity index (χ1n) is 11.2. The van der Waals surface area contributed by atoms with Crippen LogP contribution < -0.4 is 5.32 Å². The van der Waals surface area contributed by atoms with Gasteiger partial charge in [0.2, 0.25) is 0 Å². The molecule has 3 aromatic rings. The number of hydrogen-bond donors (Lipinski definition) is 1. The molecular formula is C25H27F3N4O2. The summed E-state index contributed by atoms with van der Waals surface area (Å²) in [6, 6.07) is 12.0. The SMILES string of the molecule is Cc1c(C(=O)Nc2cccc(C(F)(F)F)c2)cc(-c2ccccn2)n1CCCN1CCOCC1. The monoisotopic (exact) mass is 472 g/mol. The standard InChI is InChI=1S/C25H27F3N4O2/c1-18-21(24(33)30-20-7-4-6-19(16-20)25(26,27)28)17-23(22-8-2-3-9-29-22)32(18)11-5-10-31-12-14-34-15-13-31/h2-4,6-9,16-17H,5,10-15H2,1H3,(H,30,33). The molecule has 3 heterocycles. The molecule has 6 nitrogen and oxygen atoms in total. The number of benzene rings is 1. The molecule has 0 saturated carbocycles. The third-order valence-electron chi connectivity index (χ3n) is 5.95. The number of carbonyl (C=O) groups is 1. The number of amides is 1. The predicted octanol–water partition coefficient (Wildman–Crippen LogP) is 4.85. The second-order valence-electron chi connectivity index (χ2n) is 8.24. The Hall–Kier alpha value is -3.17. The first-order valence-corrected chi connectivity index (χ1v) is 11.2. The van der Waals surface area contributed by atoms with E-state index in [0.29, 0.717) is 12.1 Å². The van der Waals surface area contributed by atoms with E-state index >= 15 is 0 Å². The molecule has 2 aromatic heterocycles. The Labute approximate surface area is 196 Å². The molecule has 0 spiro atoms. The third-order valence-corrected chi connectivity index (χ3v) is 5.95. The third kappa shape index (κ3) is 5.66. The van der Waals surface area contributed by atoms with Crippen LogP contribution in [0.4, 0.5) is 18.9 Å². The molecule has 1 aliphatic heterocycles. The van der Waals surface area contributed by atoms with Crippen LogP contribution in [-0.2, 0) is 17.5 Å². The van der Waals surface area contributed by atoms with Crippen LogP contribution in [0.5, 0.6) is 0 Å². The van der Waals surface area contributed by atoms with Crippen LogP contribution in [0.15, 0.2) is 54.7 Å². The number of pyridine rings is 1. The van der Waals surface area contributed by atoms with Gasteiger partial charge in [0.15, 0.2) is 0 Å². The Bertz CT molecular complexity index is 1120. The van der Waals surface area contributed by atoms with Crippen molar-refractivity contribution in [2.24, 2.45) is 0 Å². The minimum absolute atomic E-state index is 0.0960. The van der Waals surface area contributed by atoms with E-state index in [9.17, 15) is 18.0 Å². The number of carbonyl (C=O) groups excluding carboxylic acids is 1. The highest BCUT2D eigenvalue weighted by molar-refractivity contribution is 6.06. The highest BCUT2D eigenvalue weighted by Crippen LogP contribution is 2.31. The molecular weight excluding hydrogens is 445 g/mol. The van der Waals surface area contributed by atoms with Gasteiger partial charge >= 0.3 is 6.18 Å². The number of anilines is 1. The molecule has 0 radical (unpaired) electrons. The number of morpholine rings is 1. The zero-order chi connectivity index (χ0) is 24.1. The molecule has 9 heteroatoms. The molecule has 0 unspecified atom stereocenters. The largest absolute Gasteiger partial charge is 0.416 e. The van der Waals surface area contributed by atoms with Crippen LogP contribution in [0.2, 0.25) is 0 Å². The van der Waals surface area contributed by atoms with Gasteiger partial charge < -0.3 is 14.6 Å². The maximum absolute atomic E-state index is 13.1. The summed E-state index contributed by atoms with van der Waals surface area (Å²) < 4.78 is 46.6. The van der Waals surface area contributed by atoms with Crippen LogP contribution in [0.1, 0.15) is 28.0 Å². The van der Waals surface area contributed by atoms with Crippen molar-refractivity contribution in [1.29, 1.82) is 0 Å². The molecule has 0 atom stereocenters. The minimum atomic E-state index is -4.48. The fourth-order valence-corrected chi connectivity index (χ4v) is 4.14. The molecule has 1 aromatic carbocycles. The van der Waals surface area contributed by atoms with E-state index in [2.05, 4.69) is 19.8 Å². The van der Waals surface area contributed by atoms with Crippen molar-refractivity contribution in [3.8, 4) is 11.4 Å². The summed E-state index contributed by atoms with van der Waals surface area (Å²) in [5.74, 6) is -0.457. The summed E-state index contributed by atoms with van der Waals surface area (Å²) in [7, 11) is 0. The van der Waals surface area contributed by atoms with Crippen LogP contribution in [0.25, 0.3) is 11.4 Å². The summed E-state index contributed by atoms with van der Waals surface area (Å²) in [6.07, 6.45) is -1.91. The Balaban J connectivity index is 1.56. The van der Waals surface area contributed by atoms with E-state index in [1.54, 1.807) is 12.3 Å². The Morgan fingerprint density at radius 2 is 1.88 bits per heavy atom. The summed E-state index contributed by atoms with van der Waals surface area (Å²) in [6.45, 7) is 6.73. The summed E-state index contributed by atoms with van der Waals surface area (Å²) in [4.78, 5) is 19.9. The van der Waals surface area contributed by atoms with E-state index in [-0.39, 0.29) is 5.69 Å². The van der Waals surface area contributed by atoms with Gasteiger partial charge in [-0.05, 0) is 49.7 Å². The number of nitrogens with one attached hydrogen (secondary N) is 1. The fourth-order valence-electron chi connectivity index (χ4n) is 4.14. The average Bonchev–Trinajstić information content (AvgIpc) is 3.16. The van der Waals surface area contributed by atoms with Gasteiger partial charge in [0.25, 0.3) is 5.91 Å². The molecule has 1 fully saturated rings. The van der Waals surface area contributed by atoms with Crippen molar-refractivity contribution in [3.63, 3.8) is 0 Å². The second-order valence-corrected chi connectivity index (χ2v) is 8.24. The number of ether oxygens (including phenoxy) is 1. The Morgan fingerprint density at radius 3 is 2.59 bits per heavy atom. The van der Waals surface area contributed by atoms with Crippen molar-refractivity contribution in [3.05, 3.63) is 71.5 Å². The molecule has 4 rings (SSSR count). The van der Waals surface area contributed by atoms with Gasteiger partial charge in [0, 0.05) is 43.8 Å². The van der Waals surface area contributed by atoms with Gasteiger partial charge in [-0.1, -0.05) is 12.1 Å². The van der Waals surface area contributed by atoms with Gasteiger partial charge in [-0.2, -0.15) is 13.2 Å². The van der Waals surface area contributed by atoms with Gasteiger partial charge in [-0.25, -0.2) is 0 Å². The van der Waals surface area contributed by atoms with Gasteiger partial charge in [0.1, 0.15) is 0 Å². The molecule has 1 aliphatic rings. The quantitative estimate of drug-likeness (QED) is 0.534. The first kappa shape index (κ1) is 24.0.